The van der Waals surface area contributed by atoms with Crippen molar-refractivity contribution in [2.75, 3.05) is 23.5 Å². The highest BCUT2D eigenvalue weighted by molar-refractivity contribution is 8.00. The summed E-state index contributed by atoms with van der Waals surface area (Å²) < 4.78 is 5.24. The zero-order valence-electron chi connectivity index (χ0n) is 11.7. The van der Waals surface area contributed by atoms with Crippen molar-refractivity contribution in [3.8, 4) is 5.75 Å². The van der Waals surface area contributed by atoms with Crippen LogP contribution in [0.3, 0.4) is 0 Å². The van der Waals surface area contributed by atoms with E-state index in [0.29, 0.717) is 11.4 Å². The number of thioether (sulfide) groups is 1. The molecule has 1 atom stereocenters. The maximum absolute atomic E-state index is 12.3. The Hall–Kier alpha value is -2.14. The van der Waals surface area contributed by atoms with Gasteiger partial charge in [-0.25, -0.2) is 0 Å². The van der Waals surface area contributed by atoms with Gasteiger partial charge in [-0.1, -0.05) is 18.2 Å². The molecule has 108 valence electrons. The predicted octanol–water partition coefficient (Wildman–Crippen LogP) is 3.06. The first-order valence-electron chi connectivity index (χ1n) is 6.62. The zero-order valence-corrected chi connectivity index (χ0v) is 12.5. The third-order valence-electron chi connectivity index (χ3n) is 3.40. The second-order valence-corrected chi connectivity index (χ2v) is 5.87. The molecule has 5 heteroatoms. The van der Waals surface area contributed by atoms with Gasteiger partial charge in [0.25, 0.3) is 0 Å². The van der Waals surface area contributed by atoms with Gasteiger partial charge in [0.05, 0.1) is 12.9 Å². The van der Waals surface area contributed by atoms with E-state index in [2.05, 4.69) is 0 Å². The summed E-state index contributed by atoms with van der Waals surface area (Å²) in [6.07, 6.45) is 0. The molecule has 21 heavy (non-hydrogen) atoms. The van der Waals surface area contributed by atoms with E-state index >= 15 is 0 Å². The van der Waals surface area contributed by atoms with Crippen molar-refractivity contribution in [1.82, 2.24) is 0 Å². The maximum Gasteiger partial charge on any atom is 0.238 e. The highest BCUT2D eigenvalue weighted by Crippen LogP contribution is 2.42. The fourth-order valence-electron chi connectivity index (χ4n) is 2.42. The van der Waals surface area contributed by atoms with Gasteiger partial charge in [0.15, 0.2) is 0 Å². The molecule has 0 aliphatic carbocycles. The Morgan fingerprint density at radius 3 is 2.81 bits per heavy atom. The number of nitrogens with two attached hydrogens (primary N) is 1. The lowest BCUT2D eigenvalue weighted by molar-refractivity contribution is -0.115. The van der Waals surface area contributed by atoms with Crippen LogP contribution in [0.5, 0.6) is 5.75 Å². The molecule has 0 spiro atoms. The van der Waals surface area contributed by atoms with Crippen molar-refractivity contribution in [2.45, 2.75) is 5.37 Å². The first-order valence-corrected chi connectivity index (χ1v) is 7.67. The number of hydrogen-bond acceptors (Lipinski definition) is 4. The standard InChI is InChI=1S/C16H16N2O2S/c1-20-14-7-3-6-13(9-14)18-15(19)10-21-16(18)11-4-2-5-12(17)8-11/h2-9,16H,10,17H2,1H3. The average molecular weight is 300 g/mol. The van der Waals surface area contributed by atoms with Crippen molar-refractivity contribution < 1.29 is 9.53 Å². The normalized spacial score (nSPS) is 18.0. The van der Waals surface area contributed by atoms with Gasteiger partial charge >= 0.3 is 0 Å². The van der Waals surface area contributed by atoms with E-state index < -0.39 is 0 Å². The summed E-state index contributed by atoms with van der Waals surface area (Å²) >= 11 is 1.61. The van der Waals surface area contributed by atoms with Crippen LogP contribution < -0.4 is 15.4 Å². The molecule has 0 bridgehead atoms. The number of carbonyl (C=O) groups excluding carboxylic acids is 1. The summed E-state index contributed by atoms with van der Waals surface area (Å²) in [7, 11) is 1.62. The van der Waals surface area contributed by atoms with Crippen molar-refractivity contribution in [1.29, 1.82) is 0 Å². The summed E-state index contributed by atoms with van der Waals surface area (Å²) in [5, 5.41) is -0.0480. The number of benzene rings is 2. The second-order valence-electron chi connectivity index (χ2n) is 4.80. The molecule has 3 rings (SSSR count). The highest BCUT2D eigenvalue weighted by Gasteiger charge is 2.34. The Morgan fingerprint density at radius 1 is 1.24 bits per heavy atom. The van der Waals surface area contributed by atoms with Crippen molar-refractivity contribution in [3.05, 3.63) is 54.1 Å². The largest absolute Gasteiger partial charge is 0.497 e. The van der Waals surface area contributed by atoms with E-state index in [4.69, 9.17) is 10.5 Å². The van der Waals surface area contributed by atoms with Crippen LogP contribution in [0, 0.1) is 0 Å². The number of rotatable bonds is 3. The molecular formula is C16H16N2O2S. The molecule has 2 aromatic carbocycles. The van der Waals surface area contributed by atoms with E-state index in [1.807, 2.05) is 53.4 Å². The molecule has 1 amide bonds. The minimum atomic E-state index is -0.0480. The number of hydrogen-bond donors (Lipinski definition) is 1. The zero-order chi connectivity index (χ0) is 14.8. The number of nitrogens with zero attached hydrogens (tertiary/aromatic N) is 1. The molecule has 0 saturated carbocycles. The van der Waals surface area contributed by atoms with Crippen molar-refractivity contribution in [3.63, 3.8) is 0 Å². The number of ether oxygens (including phenoxy) is 1. The highest BCUT2D eigenvalue weighted by atomic mass is 32.2. The smallest absolute Gasteiger partial charge is 0.238 e. The van der Waals surface area contributed by atoms with Gasteiger partial charge < -0.3 is 10.5 Å². The fraction of sp³-hybridized carbons (Fsp3) is 0.188. The van der Waals surface area contributed by atoms with Gasteiger partial charge in [-0.3, -0.25) is 9.69 Å². The van der Waals surface area contributed by atoms with Gasteiger partial charge in [-0.2, -0.15) is 0 Å². The van der Waals surface area contributed by atoms with Crippen molar-refractivity contribution in [2.24, 2.45) is 0 Å². The Morgan fingerprint density at radius 2 is 2.05 bits per heavy atom. The van der Waals surface area contributed by atoms with Crippen LogP contribution in [0.4, 0.5) is 11.4 Å². The van der Waals surface area contributed by atoms with Gasteiger partial charge in [-0.05, 0) is 29.8 Å². The van der Waals surface area contributed by atoms with Crippen LogP contribution in [-0.4, -0.2) is 18.8 Å². The number of methoxy groups -OCH3 is 1. The number of nitrogen functional groups attached to an aromatic ring is 1. The molecule has 2 N–H and O–H groups in total. The minimum absolute atomic E-state index is 0.0480. The Kier molecular flexibility index (Phi) is 3.75. The van der Waals surface area contributed by atoms with Gasteiger partial charge in [0, 0.05) is 17.4 Å². The molecule has 2 aromatic rings. The maximum atomic E-state index is 12.3. The summed E-state index contributed by atoms with van der Waals surface area (Å²) in [4.78, 5) is 14.1. The molecule has 0 aromatic heterocycles. The topological polar surface area (TPSA) is 55.6 Å². The van der Waals surface area contributed by atoms with E-state index in [0.717, 1.165) is 17.0 Å². The van der Waals surface area contributed by atoms with Crippen LogP contribution in [0.2, 0.25) is 0 Å². The monoisotopic (exact) mass is 300 g/mol. The van der Waals surface area contributed by atoms with E-state index in [9.17, 15) is 4.79 Å². The van der Waals surface area contributed by atoms with Crippen LogP contribution in [0.25, 0.3) is 0 Å². The summed E-state index contributed by atoms with van der Waals surface area (Å²) in [5.41, 5.74) is 8.44. The first kappa shape index (κ1) is 13.8. The lowest BCUT2D eigenvalue weighted by atomic mass is 10.1. The first-order chi connectivity index (χ1) is 10.2. The van der Waals surface area contributed by atoms with Crippen LogP contribution in [0.1, 0.15) is 10.9 Å². The number of anilines is 2. The molecule has 1 saturated heterocycles. The van der Waals surface area contributed by atoms with Crippen LogP contribution in [-0.2, 0) is 4.79 Å². The average Bonchev–Trinajstić information content (AvgIpc) is 2.89. The lowest BCUT2D eigenvalue weighted by Gasteiger charge is -2.24. The molecule has 1 aliphatic rings. The molecule has 1 unspecified atom stereocenters. The summed E-state index contributed by atoms with van der Waals surface area (Å²) in [6.45, 7) is 0. The number of amides is 1. The summed E-state index contributed by atoms with van der Waals surface area (Å²) in [6, 6.07) is 15.2. The summed E-state index contributed by atoms with van der Waals surface area (Å²) in [5.74, 6) is 1.31. The fourth-order valence-corrected chi connectivity index (χ4v) is 3.59. The Labute approximate surface area is 127 Å². The molecular weight excluding hydrogens is 284 g/mol. The lowest BCUT2D eigenvalue weighted by Crippen LogP contribution is -2.27. The molecule has 1 fully saturated rings. The Balaban J connectivity index is 1.99. The van der Waals surface area contributed by atoms with E-state index in [-0.39, 0.29) is 11.3 Å². The predicted molar refractivity (Wildman–Crippen MR) is 86.5 cm³/mol. The van der Waals surface area contributed by atoms with E-state index in [1.165, 1.54) is 0 Å². The molecule has 4 nitrogen and oxygen atoms in total. The number of carbonyl (C=O) groups is 1. The van der Waals surface area contributed by atoms with Gasteiger partial charge in [0.2, 0.25) is 5.91 Å². The van der Waals surface area contributed by atoms with Crippen LogP contribution in [0.15, 0.2) is 48.5 Å². The van der Waals surface area contributed by atoms with Crippen molar-refractivity contribution >= 4 is 29.0 Å². The van der Waals surface area contributed by atoms with Crippen LogP contribution >= 0.6 is 11.8 Å². The van der Waals surface area contributed by atoms with E-state index in [1.54, 1.807) is 18.9 Å². The Bertz CT molecular complexity index is 675. The third kappa shape index (κ3) is 2.69. The molecule has 1 aliphatic heterocycles. The quantitative estimate of drug-likeness (QED) is 0.885. The molecule has 1 heterocycles. The van der Waals surface area contributed by atoms with Gasteiger partial charge in [0.1, 0.15) is 11.1 Å². The third-order valence-corrected chi connectivity index (χ3v) is 4.61. The second kappa shape index (κ2) is 5.69. The molecule has 0 radical (unpaired) electrons. The SMILES string of the molecule is COc1cccc(N2C(=O)CSC2c2cccc(N)c2)c1. The van der Waals surface area contributed by atoms with Gasteiger partial charge in [-0.15, -0.1) is 11.8 Å². The minimum Gasteiger partial charge on any atom is -0.497 e.